The van der Waals surface area contributed by atoms with E-state index in [1.165, 1.54) is 12.3 Å². The van der Waals surface area contributed by atoms with Crippen molar-refractivity contribution in [1.29, 1.82) is 0 Å². The Bertz CT molecular complexity index is 1390. The topological polar surface area (TPSA) is 105 Å². The van der Waals surface area contributed by atoms with Gasteiger partial charge in [0.2, 0.25) is 5.91 Å². The molecule has 0 saturated heterocycles. The number of hydrogen-bond acceptors (Lipinski definition) is 6. The maximum atomic E-state index is 12.8. The number of nitrogens with zero attached hydrogens (tertiary/aromatic N) is 2. The summed E-state index contributed by atoms with van der Waals surface area (Å²) in [6.07, 6.45) is 1.39. The lowest BCUT2D eigenvalue weighted by atomic mass is 9.97. The van der Waals surface area contributed by atoms with Crippen LogP contribution in [0.4, 0.5) is 11.6 Å². The lowest BCUT2D eigenvalue weighted by Crippen LogP contribution is -2.35. The minimum absolute atomic E-state index is 0.179. The van der Waals surface area contributed by atoms with E-state index >= 15 is 0 Å². The number of anilines is 2. The first kappa shape index (κ1) is 24.1. The number of rotatable bonds is 7. The van der Waals surface area contributed by atoms with E-state index in [1.807, 2.05) is 36.4 Å². The Kier molecular flexibility index (Phi) is 7.24. The highest BCUT2D eigenvalue weighted by Gasteiger charge is 2.18. The smallest absolute Gasteiger partial charge is 0.275 e. The highest BCUT2D eigenvalue weighted by Crippen LogP contribution is 2.38. The van der Waals surface area contributed by atoms with Crippen LogP contribution < -0.4 is 20.7 Å². The summed E-state index contributed by atoms with van der Waals surface area (Å²) in [6.45, 7) is 1.74. The van der Waals surface area contributed by atoms with Crippen LogP contribution in [0.15, 0.2) is 66.9 Å². The Morgan fingerprint density at radius 3 is 2.43 bits per heavy atom. The van der Waals surface area contributed by atoms with E-state index in [2.05, 4.69) is 25.9 Å². The lowest BCUT2D eigenvalue weighted by Gasteiger charge is -2.16. The summed E-state index contributed by atoms with van der Waals surface area (Å²) in [4.78, 5) is 33.9. The number of benzene rings is 2. The largest absolute Gasteiger partial charge is 0.496 e. The van der Waals surface area contributed by atoms with Crippen LogP contribution in [0.25, 0.3) is 21.9 Å². The molecule has 0 aliphatic carbocycles. The molecule has 0 spiro atoms. The SMILES string of the molecule is CNC(C)C(=O)Nc1cc(-c2c(OC)ccc3ccccc23)cc(NC(=O)c2ccc(Cl)cn2)n1. The second-order valence-electron chi connectivity index (χ2n) is 7.81. The van der Waals surface area contributed by atoms with Crippen molar-refractivity contribution < 1.29 is 14.3 Å². The zero-order valence-electron chi connectivity index (χ0n) is 19.4. The molecule has 4 rings (SSSR count). The summed E-state index contributed by atoms with van der Waals surface area (Å²) in [6, 6.07) is 17.9. The monoisotopic (exact) mass is 489 g/mol. The van der Waals surface area contributed by atoms with Crippen LogP contribution >= 0.6 is 11.6 Å². The number of amides is 2. The van der Waals surface area contributed by atoms with Crippen molar-refractivity contribution in [3.8, 4) is 16.9 Å². The number of aromatic nitrogens is 2. The van der Waals surface area contributed by atoms with Crippen LogP contribution in [0.1, 0.15) is 17.4 Å². The molecule has 2 heterocycles. The van der Waals surface area contributed by atoms with Crippen LogP contribution in [-0.2, 0) is 4.79 Å². The highest BCUT2D eigenvalue weighted by atomic mass is 35.5. The van der Waals surface area contributed by atoms with Crippen LogP contribution in [0.3, 0.4) is 0 Å². The van der Waals surface area contributed by atoms with Gasteiger partial charge in [-0.3, -0.25) is 9.59 Å². The van der Waals surface area contributed by atoms with Gasteiger partial charge in [0.25, 0.3) is 5.91 Å². The van der Waals surface area contributed by atoms with Gasteiger partial charge in [-0.25, -0.2) is 9.97 Å². The van der Waals surface area contributed by atoms with Crippen molar-refractivity contribution in [3.05, 3.63) is 77.6 Å². The van der Waals surface area contributed by atoms with Crippen molar-refractivity contribution in [3.63, 3.8) is 0 Å². The standard InChI is InChI=1S/C26H24ClN5O3/c1-15(28-2)25(33)31-22-12-17(24-19-7-5-4-6-16(19)8-11-21(24)35-3)13-23(30-22)32-26(34)20-10-9-18(27)14-29-20/h4-15,28H,1-3H3,(H2,30,31,32,33,34). The molecule has 9 heteroatoms. The quantitative estimate of drug-likeness (QED) is 0.346. The first-order valence-electron chi connectivity index (χ1n) is 10.9. The second-order valence-corrected chi connectivity index (χ2v) is 8.24. The Balaban J connectivity index is 1.82. The fraction of sp³-hybridized carbons (Fsp3) is 0.154. The third-order valence-corrected chi connectivity index (χ3v) is 5.73. The molecule has 1 unspecified atom stereocenters. The number of ether oxygens (including phenoxy) is 1. The van der Waals surface area contributed by atoms with Gasteiger partial charge in [0.15, 0.2) is 0 Å². The van der Waals surface area contributed by atoms with Crippen molar-refractivity contribution in [2.24, 2.45) is 0 Å². The average Bonchev–Trinajstić information content (AvgIpc) is 2.87. The molecule has 0 aliphatic heterocycles. The number of fused-ring (bicyclic) bond motifs is 1. The van der Waals surface area contributed by atoms with E-state index in [0.717, 1.165) is 16.3 Å². The van der Waals surface area contributed by atoms with Crippen molar-refractivity contribution in [1.82, 2.24) is 15.3 Å². The summed E-state index contributed by atoms with van der Waals surface area (Å²) in [5, 5.41) is 10.9. The molecule has 0 aliphatic rings. The lowest BCUT2D eigenvalue weighted by molar-refractivity contribution is -0.117. The van der Waals surface area contributed by atoms with Crippen LogP contribution in [0.2, 0.25) is 5.02 Å². The van der Waals surface area contributed by atoms with Gasteiger partial charge in [-0.05, 0) is 60.6 Å². The van der Waals surface area contributed by atoms with Crippen molar-refractivity contribution in [2.45, 2.75) is 13.0 Å². The van der Waals surface area contributed by atoms with E-state index in [1.54, 1.807) is 39.3 Å². The molecule has 8 nitrogen and oxygen atoms in total. The third-order valence-electron chi connectivity index (χ3n) is 5.50. The maximum Gasteiger partial charge on any atom is 0.275 e. The predicted molar refractivity (Wildman–Crippen MR) is 138 cm³/mol. The Labute approximate surface area is 207 Å². The molecule has 0 fully saturated rings. The number of halogens is 1. The molecular weight excluding hydrogens is 466 g/mol. The second kappa shape index (κ2) is 10.5. The van der Waals surface area contributed by atoms with Gasteiger partial charge < -0.3 is 20.7 Å². The van der Waals surface area contributed by atoms with Gasteiger partial charge in [-0.15, -0.1) is 0 Å². The zero-order valence-corrected chi connectivity index (χ0v) is 20.2. The number of nitrogens with one attached hydrogen (secondary N) is 3. The molecule has 2 amide bonds. The van der Waals surface area contributed by atoms with Crippen LogP contribution in [-0.4, -0.2) is 42.0 Å². The number of carbonyl (C=O) groups is 2. The molecule has 0 saturated carbocycles. The first-order chi connectivity index (χ1) is 16.9. The normalized spacial score (nSPS) is 11.7. The fourth-order valence-corrected chi connectivity index (χ4v) is 3.69. The summed E-state index contributed by atoms with van der Waals surface area (Å²) >= 11 is 5.88. The van der Waals surface area contributed by atoms with Crippen LogP contribution in [0.5, 0.6) is 5.75 Å². The minimum Gasteiger partial charge on any atom is -0.496 e. The maximum absolute atomic E-state index is 12.8. The summed E-state index contributed by atoms with van der Waals surface area (Å²) in [7, 11) is 3.29. The van der Waals surface area contributed by atoms with Gasteiger partial charge >= 0.3 is 0 Å². The molecule has 0 radical (unpaired) electrons. The summed E-state index contributed by atoms with van der Waals surface area (Å²) in [5.41, 5.74) is 1.70. The predicted octanol–water partition coefficient (Wildman–Crippen LogP) is 4.76. The molecule has 2 aromatic carbocycles. The number of methoxy groups -OCH3 is 1. The van der Waals surface area contributed by atoms with Gasteiger partial charge in [0.05, 0.1) is 18.2 Å². The summed E-state index contributed by atoms with van der Waals surface area (Å²) in [5.74, 6) is 0.443. The van der Waals surface area contributed by atoms with Gasteiger partial charge in [0.1, 0.15) is 23.1 Å². The molecular formula is C26H24ClN5O3. The Morgan fingerprint density at radius 1 is 1.00 bits per heavy atom. The van der Waals surface area contributed by atoms with E-state index in [0.29, 0.717) is 16.3 Å². The Hall–Kier alpha value is -4.01. The molecule has 2 aromatic heterocycles. The van der Waals surface area contributed by atoms with E-state index < -0.39 is 11.9 Å². The Morgan fingerprint density at radius 2 is 1.74 bits per heavy atom. The molecule has 3 N–H and O–H groups in total. The van der Waals surface area contributed by atoms with Crippen molar-refractivity contribution >= 4 is 45.8 Å². The van der Waals surface area contributed by atoms with Gasteiger partial charge in [0, 0.05) is 11.8 Å². The molecule has 1 atom stereocenters. The van der Waals surface area contributed by atoms with E-state index in [9.17, 15) is 9.59 Å². The zero-order chi connectivity index (χ0) is 24.9. The number of pyridine rings is 2. The number of likely N-dealkylation sites (N-methyl/N-ethyl adjacent to an activating group) is 1. The van der Waals surface area contributed by atoms with Gasteiger partial charge in [-0.1, -0.05) is 41.9 Å². The minimum atomic E-state index is -0.461. The van der Waals surface area contributed by atoms with E-state index in [4.69, 9.17) is 16.3 Å². The van der Waals surface area contributed by atoms with E-state index in [-0.39, 0.29) is 23.2 Å². The fourth-order valence-electron chi connectivity index (χ4n) is 3.58. The third kappa shape index (κ3) is 5.40. The first-order valence-corrected chi connectivity index (χ1v) is 11.3. The number of carbonyl (C=O) groups excluding carboxylic acids is 2. The molecule has 4 aromatic rings. The molecule has 178 valence electrons. The number of hydrogen-bond donors (Lipinski definition) is 3. The molecule has 0 bridgehead atoms. The highest BCUT2D eigenvalue weighted by molar-refractivity contribution is 6.30. The molecule has 35 heavy (non-hydrogen) atoms. The summed E-state index contributed by atoms with van der Waals surface area (Å²) < 4.78 is 5.66. The van der Waals surface area contributed by atoms with Crippen LogP contribution in [0, 0.1) is 0 Å². The van der Waals surface area contributed by atoms with Gasteiger partial charge in [-0.2, -0.15) is 0 Å². The van der Waals surface area contributed by atoms with Crippen molar-refractivity contribution in [2.75, 3.05) is 24.8 Å². The average molecular weight is 490 g/mol.